The Morgan fingerprint density at radius 2 is 0.779 bits per heavy atom. The van der Waals surface area contributed by atoms with Gasteiger partial charge < -0.3 is 24.8 Å². The topological polar surface area (TPSA) is 0 Å². The van der Waals surface area contributed by atoms with Crippen molar-refractivity contribution < 1.29 is 48.1 Å². The first-order chi connectivity index (χ1) is 32.4. The van der Waals surface area contributed by atoms with Crippen molar-refractivity contribution in [3.63, 3.8) is 0 Å². The molecule has 8 saturated carbocycles. The van der Waals surface area contributed by atoms with Gasteiger partial charge in [0.25, 0.3) is 0 Å². The smallest absolute Gasteiger partial charge is 0.0114 e. The Morgan fingerprint density at radius 3 is 1.13 bits per heavy atom. The van der Waals surface area contributed by atoms with Crippen LogP contribution in [0.3, 0.4) is 0 Å². The van der Waals surface area contributed by atoms with E-state index in [1.807, 2.05) is 0 Å². The van der Waals surface area contributed by atoms with Crippen LogP contribution in [-0.2, 0) is 36.2 Å². The van der Waals surface area contributed by atoms with Crippen LogP contribution in [0, 0.1) is 59.2 Å². The van der Waals surface area contributed by atoms with Crippen LogP contribution >= 0.6 is 0 Å². The van der Waals surface area contributed by atoms with E-state index < -0.39 is 0 Å². The maximum atomic E-state index is 2.53. The fourth-order valence-electron chi connectivity index (χ4n) is 15.9. The van der Waals surface area contributed by atoms with E-state index in [1.165, 1.54) is 142 Å². The zero-order chi connectivity index (χ0) is 44.3. The molecule has 0 nitrogen and oxygen atoms in total. The van der Waals surface area contributed by atoms with Crippen LogP contribution in [0.5, 0.6) is 0 Å². The maximum Gasteiger partial charge on any atom is -0.0114 e. The van der Waals surface area contributed by atoms with Crippen molar-refractivity contribution in [1.82, 2.24) is 0 Å². The molecule has 0 aromatic heterocycles. The second-order valence-corrected chi connectivity index (χ2v) is 30.9. The SMILES string of the molecule is CCC[Si](C)=[Zr+2].[Cl-].[Cl-].c1ccc2c(-c3cccc4[cH-]c(CC5C6CC7CC(C6)CC5C7)cc34)cccc2c1.c1ccc2c(-c3cccc4[cH-]c(CC5C6CC7CC(C6)CC5C7)cc34)cccc2c1. The van der Waals surface area contributed by atoms with E-state index in [0.717, 1.165) is 59.2 Å². The molecule has 8 aliphatic rings. The van der Waals surface area contributed by atoms with E-state index in [1.54, 1.807) is 47.3 Å². The Hall–Kier alpha value is -3.26. The summed E-state index contributed by atoms with van der Waals surface area (Å²) in [7, 11) is 0. The van der Waals surface area contributed by atoms with Crippen LogP contribution in [-0.4, -0.2) is 5.43 Å². The molecule has 0 N–H and O–H groups in total. The van der Waals surface area contributed by atoms with Gasteiger partial charge in [-0.2, -0.15) is 12.1 Å². The Balaban J connectivity index is 0.000000138. The molecule has 16 rings (SSSR count). The Labute approximate surface area is 434 Å². The van der Waals surface area contributed by atoms with Crippen molar-refractivity contribution in [3.8, 4) is 22.3 Å². The fourth-order valence-corrected chi connectivity index (χ4v) is 18.5. The van der Waals surface area contributed by atoms with E-state index in [-0.39, 0.29) is 30.2 Å². The van der Waals surface area contributed by atoms with Crippen molar-refractivity contribution in [3.05, 3.63) is 157 Å². The van der Waals surface area contributed by atoms with Crippen LogP contribution < -0.4 is 24.8 Å². The molecule has 8 aromatic rings. The van der Waals surface area contributed by atoms with Crippen molar-refractivity contribution in [2.45, 2.75) is 103 Å². The summed E-state index contributed by atoms with van der Waals surface area (Å²) in [6.45, 7) is 4.66. The summed E-state index contributed by atoms with van der Waals surface area (Å²) in [6.07, 6.45) is 19.3. The molecule has 348 valence electrons. The maximum absolute atomic E-state index is 2.53. The van der Waals surface area contributed by atoms with Gasteiger partial charge in [-0.05, 0) is 169 Å². The zero-order valence-electron chi connectivity index (χ0n) is 40.3. The first kappa shape index (κ1) is 48.4. The van der Waals surface area contributed by atoms with Crippen molar-refractivity contribution in [1.29, 1.82) is 0 Å². The second kappa shape index (κ2) is 20.8. The van der Waals surface area contributed by atoms with Gasteiger partial charge in [-0.25, -0.2) is 0 Å². The minimum absolute atomic E-state index is 0. The summed E-state index contributed by atoms with van der Waals surface area (Å²) < 4.78 is 0. The minimum atomic E-state index is 0. The molecule has 0 unspecified atom stereocenters. The molecule has 8 fully saturated rings. The zero-order valence-corrected chi connectivity index (χ0v) is 45.3. The average molecular weight is 1030 g/mol. The Kier molecular flexibility index (Phi) is 14.8. The van der Waals surface area contributed by atoms with Gasteiger partial charge in [0.2, 0.25) is 0 Å². The van der Waals surface area contributed by atoms with Crippen LogP contribution in [0.15, 0.2) is 146 Å². The van der Waals surface area contributed by atoms with E-state index >= 15 is 0 Å². The standard InChI is InChI=1S/2C30H29.C4H10Si.2ClH.Zr/c2*1-2-8-26-22(5-1)6-3-9-27(26)28-10-4-7-23-12-21(18-30(23)28)17-29-24-13-19-11-20(15-24)16-25(29)14-19;1-3-4-5-2;;;/h2*1-10,12,18-20,24-25,29H,11,13-17H2;3-4H2,1-2H3;2*1H;/q2*-1;;;;+2/p-2. The van der Waals surface area contributed by atoms with Crippen LogP contribution in [0.4, 0.5) is 0 Å². The Morgan fingerprint density at radius 1 is 0.441 bits per heavy atom. The number of halogens is 2. The number of rotatable bonds is 8. The molecule has 4 heteroatoms. The van der Waals surface area contributed by atoms with Gasteiger partial charge in [-0.1, -0.05) is 108 Å². The van der Waals surface area contributed by atoms with E-state index in [9.17, 15) is 0 Å². The molecule has 8 bridgehead atoms. The van der Waals surface area contributed by atoms with Crippen LogP contribution in [0.25, 0.3) is 65.3 Å². The summed E-state index contributed by atoms with van der Waals surface area (Å²) in [5.74, 6) is 10.2. The molecule has 0 saturated heterocycles. The van der Waals surface area contributed by atoms with Gasteiger partial charge in [0.1, 0.15) is 0 Å². The molecule has 8 aliphatic carbocycles. The summed E-state index contributed by atoms with van der Waals surface area (Å²) in [5, 5.41) is 11.1. The molecule has 8 aromatic carbocycles. The molecule has 0 heterocycles. The van der Waals surface area contributed by atoms with Crippen molar-refractivity contribution >= 4 is 48.5 Å². The monoisotopic (exact) mass is 1020 g/mol. The Bertz CT molecular complexity index is 2780. The van der Waals surface area contributed by atoms with Gasteiger partial charge in [0.05, 0.1) is 0 Å². The molecule has 68 heavy (non-hydrogen) atoms. The third-order valence-corrected chi connectivity index (χ3v) is 21.3. The van der Waals surface area contributed by atoms with Gasteiger partial charge in [0, 0.05) is 0 Å². The third kappa shape index (κ3) is 9.61. The predicted octanol–water partition coefficient (Wildman–Crippen LogP) is 11.6. The van der Waals surface area contributed by atoms with Crippen LogP contribution in [0.1, 0.15) is 88.7 Å². The summed E-state index contributed by atoms with van der Waals surface area (Å²) in [6, 6.07) is 56.3. The number of benzene rings is 6. The second-order valence-electron chi connectivity index (χ2n) is 22.5. The van der Waals surface area contributed by atoms with E-state index in [2.05, 4.69) is 159 Å². The summed E-state index contributed by atoms with van der Waals surface area (Å²) >= 11 is 1.79. The minimum Gasteiger partial charge on any atom is -1.00 e. The largest absolute Gasteiger partial charge is 1.00 e. The molecule has 0 aliphatic heterocycles. The average Bonchev–Trinajstić information content (AvgIpc) is 3.95. The first-order valence-corrected chi connectivity index (χ1v) is 32.2. The molecule has 0 amide bonds. The van der Waals surface area contributed by atoms with E-state index in [4.69, 9.17) is 0 Å². The van der Waals surface area contributed by atoms with Crippen molar-refractivity contribution in [2.75, 3.05) is 0 Å². The van der Waals surface area contributed by atoms with Gasteiger partial charge in [0.15, 0.2) is 0 Å². The van der Waals surface area contributed by atoms with Gasteiger partial charge >= 0.3 is 54.7 Å². The summed E-state index contributed by atoms with van der Waals surface area (Å²) in [4.78, 5) is 0. The molecular weight excluding hydrogens is 959 g/mol. The quantitative estimate of drug-likeness (QED) is 0.105. The molecular formula is C64H68Cl2SiZr-2. The predicted molar refractivity (Wildman–Crippen MR) is 280 cm³/mol. The molecule has 0 atom stereocenters. The normalized spacial score (nSPS) is 27.1. The fraction of sp³-hybridized carbons (Fsp3) is 0.406. The number of fused-ring (bicyclic) bond motifs is 4. The van der Waals surface area contributed by atoms with Crippen LogP contribution in [0.2, 0.25) is 12.6 Å². The van der Waals surface area contributed by atoms with Crippen molar-refractivity contribution in [2.24, 2.45) is 59.2 Å². The van der Waals surface area contributed by atoms with E-state index in [0.29, 0.717) is 0 Å². The first-order valence-electron chi connectivity index (χ1n) is 26.3. The molecule has 0 radical (unpaired) electrons. The summed E-state index contributed by atoms with van der Waals surface area (Å²) in [5.41, 5.74) is 8.87. The van der Waals surface area contributed by atoms with Gasteiger partial charge in [-0.15, -0.1) is 69.1 Å². The van der Waals surface area contributed by atoms with Gasteiger partial charge in [-0.3, -0.25) is 0 Å². The number of hydrogen-bond donors (Lipinski definition) is 0. The third-order valence-electron chi connectivity index (χ3n) is 18.2. The number of hydrogen-bond acceptors (Lipinski definition) is 0. The molecule has 0 spiro atoms.